The van der Waals surface area contributed by atoms with E-state index in [-0.39, 0.29) is 11.8 Å². The smallest absolute Gasteiger partial charge is 0.306 e. The van der Waals surface area contributed by atoms with Crippen LogP contribution >= 0.6 is 0 Å². The molecule has 0 aromatic carbocycles. The number of anilines is 4. The quantitative estimate of drug-likeness (QED) is 0.361. The number of carbonyl (C=O) groups is 1. The molecule has 4 N–H and O–H groups in total. The van der Waals surface area contributed by atoms with Gasteiger partial charge in [-0.25, -0.2) is 15.0 Å². The first-order chi connectivity index (χ1) is 18.0. The van der Waals surface area contributed by atoms with E-state index in [1.165, 1.54) is 0 Å². The van der Waals surface area contributed by atoms with Crippen LogP contribution in [0.1, 0.15) is 25.7 Å². The van der Waals surface area contributed by atoms with Crippen molar-refractivity contribution in [1.82, 2.24) is 25.3 Å². The van der Waals surface area contributed by atoms with Crippen LogP contribution in [0, 0.1) is 11.8 Å². The van der Waals surface area contributed by atoms with Gasteiger partial charge in [0.05, 0.1) is 17.8 Å². The van der Waals surface area contributed by atoms with Crippen LogP contribution in [0.15, 0.2) is 61.3 Å². The Morgan fingerprint density at radius 3 is 2.51 bits per heavy atom. The summed E-state index contributed by atoms with van der Waals surface area (Å²) in [6.07, 6.45) is 9.69. The maximum atomic E-state index is 11.3. The SMILES string of the molecule is C=C(Nc1cc(Nc2cnccn2)nc(-c2ccnc(N3CCNCC3)c2)c1)C1CCC(C(=O)O)CC1. The van der Waals surface area contributed by atoms with E-state index in [2.05, 4.69) is 48.4 Å². The fourth-order valence-corrected chi connectivity index (χ4v) is 4.93. The lowest BCUT2D eigenvalue weighted by Crippen LogP contribution is -2.43. The lowest BCUT2D eigenvalue weighted by atomic mass is 9.80. The Labute approximate surface area is 216 Å². The molecule has 2 aliphatic rings. The highest BCUT2D eigenvalue weighted by atomic mass is 16.4. The first-order valence-electron chi connectivity index (χ1n) is 12.7. The lowest BCUT2D eigenvalue weighted by Gasteiger charge is -2.29. The van der Waals surface area contributed by atoms with Gasteiger partial charge in [-0.15, -0.1) is 0 Å². The van der Waals surface area contributed by atoms with Crippen LogP contribution in [0.2, 0.25) is 0 Å². The van der Waals surface area contributed by atoms with Gasteiger partial charge in [-0.2, -0.15) is 0 Å². The third kappa shape index (κ3) is 6.21. The zero-order chi connectivity index (χ0) is 25.6. The van der Waals surface area contributed by atoms with Gasteiger partial charge in [0.1, 0.15) is 17.5 Å². The number of pyridine rings is 2. The van der Waals surface area contributed by atoms with Crippen LogP contribution in [0.25, 0.3) is 11.3 Å². The first-order valence-corrected chi connectivity index (χ1v) is 12.7. The number of aromatic nitrogens is 4. The van der Waals surface area contributed by atoms with E-state index in [4.69, 9.17) is 4.98 Å². The average molecular weight is 501 g/mol. The summed E-state index contributed by atoms with van der Waals surface area (Å²) < 4.78 is 0. The van der Waals surface area contributed by atoms with E-state index in [1.54, 1.807) is 18.6 Å². The van der Waals surface area contributed by atoms with Gasteiger partial charge >= 0.3 is 5.97 Å². The summed E-state index contributed by atoms with van der Waals surface area (Å²) in [5.74, 6) is 1.43. The second-order valence-electron chi connectivity index (χ2n) is 9.52. The Morgan fingerprint density at radius 2 is 1.78 bits per heavy atom. The summed E-state index contributed by atoms with van der Waals surface area (Å²) in [7, 11) is 0. The highest BCUT2D eigenvalue weighted by Gasteiger charge is 2.27. The standard InChI is InChI=1S/C27H32N8O2/c1-18(19-2-4-20(5-3-19)27(36)37)32-22-15-23(33-24(16-22)34-25-17-29-8-9-30-25)21-6-7-31-26(14-21)35-12-10-28-11-13-35/h6-9,14-17,19-20,28H,1-5,10-13H2,(H,36,37)(H2,30,32,33,34). The zero-order valence-corrected chi connectivity index (χ0v) is 20.7. The van der Waals surface area contributed by atoms with Crippen LogP contribution < -0.4 is 20.9 Å². The van der Waals surface area contributed by atoms with Crippen molar-refractivity contribution in [2.45, 2.75) is 25.7 Å². The molecule has 0 atom stereocenters. The van der Waals surface area contributed by atoms with E-state index < -0.39 is 5.97 Å². The molecule has 5 rings (SSSR count). The van der Waals surface area contributed by atoms with Crippen molar-refractivity contribution >= 4 is 29.1 Å². The number of aliphatic carboxylic acids is 1. The minimum absolute atomic E-state index is 0.226. The van der Waals surface area contributed by atoms with Crippen molar-refractivity contribution in [3.05, 3.63) is 61.3 Å². The maximum absolute atomic E-state index is 11.3. The Balaban J connectivity index is 1.40. The molecule has 37 heavy (non-hydrogen) atoms. The molecule has 1 saturated carbocycles. The number of nitrogens with zero attached hydrogens (tertiary/aromatic N) is 5. The van der Waals surface area contributed by atoms with Crippen molar-refractivity contribution < 1.29 is 9.90 Å². The fraction of sp³-hybridized carbons (Fsp3) is 0.370. The van der Waals surface area contributed by atoms with E-state index in [0.29, 0.717) is 24.5 Å². The van der Waals surface area contributed by atoms with Gasteiger partial charge in [-0.3, -0.25) is 9.78 Å². The van der Waals surface area contributed by atoms with Gasteiger partial charge in [0.15, 0.2) is 0 Å². The van der Waals surface area contributed by atoms with Gasteiger partial charge in [0.25, 0.3) is 0 Å². The summed E-state index contributed by atoms with van der Waals surface area (Å²) in [6.45, 7) is 7.99. The van der Waals surface area contributed by atoms with Crippen molar-refractivity contribution in [2.75, 3.05) is 41.7 Å². The molecule has 10 nitrogen and oxygen atoms in total. The molecule has 3 aromatic rings. The molecule has 0 bridgehead atoms. The Morgan fingerprint density at radius 1 is 1.00 bits per heavy atom. The largest absolute Gasteiger partial charge is 0.481 e. The van der Waals surface area contributed by atoms with Crippen LogP contribution in [-0.2, 0) is 4.79 Å². The highest BCUT2D eigenvalue weighted by molar-refractivity contribution is 5.72. The molecular formula is C27H32N8O2. The summed E-state index contributed by atoms with van der Waals surface area (Å²) in [5, 5.41) is 19.4. The molecule has 3 aromatic heterocycles. The van der Waals surface area contributed by atoms with Gasteiger partial charge in [0.2, 0.25) is 0 Å². The molecule has 2 fully saturated rings. The predicted molar refractivity (Wildman–Crippen MR) is 144 cm³/mol. The van der Waals surface area contributed by atoms with Gasteiger partial charge in [-0.05, 0) is 49.8 Å². The predicted octanol–water partition coefficient (Wildman–Crippen LogP) is 3.90. The Bertz CT molecular complexity index is 1240. The number of hydrogen-bond acceptors (Lipinski definition) is 9. The van der Waals surface area contributed by atoms with Crippen molar-refractivity contribution in [2.24, 2.45) is 11.8 Å². The van der Waals surface area contributed by atoms with Gasteiger partial charge in [-0.1, -0.05) is 6.58 Å². The summed E-state index contributed by atoms with van der Waals surface area (Å²) in [5.41, 5.74) is 3.49. The van der Waals surface area contributed by atoms with Crippen molar-refractivity contribution in [3.8, 4) is 11.3 Å². The number of carboxylic acid groups (broad SMARTS) is 1. The second-order valence-corrected chi connectivity index (χ2v) is 9.52. The third-order valence-corrected chi connectivity index (χ3v) is 7.00. The van der Waals surface area contributed by atoms with Crippen LogP contribution in [-0.4, -0.2) is 57.2 Å². The molecule has 0 unspecified atom stereocenters. The summed E-state index contributed by atoms with van der Waals surface area (Å²) >= 11 is 0. The molecule has 1 aliphatic carbocycles. The van der Waals surface area contributed by atoms with E-state index in [0.717, 1.165) is 67.5 Å². The molecule has 192 valence electrons. The number of nitrogens with one attached hydrogen (secondary N) is 3. The number of allylic oxidation sites excluding steroid dienone is 1. The fourth-order valence-electron chi connectivity index (χ4n) is 4.93. The molecular weight excluding hydrogens is 468 g/mol. The Kier molecular flexibility index (Phi) is 7.55. The third-order valence-electron chi connectivity index (χ3n) is 7.00. The van der Waals surface area contributed by atoms with Gasteiger partial charge in [0, 0.05) is 67.8 Å². The average Bonchev–Trinajstić information content (AvgIpc) is 2.94. The molecule has 4 heterocycles. The molecule has 1 saturated heterocycles. The molecule has 0 radical (unpaired) electrons. The van der Waals surface area contributed by atoms with Crippen LogP contribution in [0.3, 0.4) is 0 Å². The maximum Gasteiger partial charge on any atom is 0.306 e. The van der Waals surface area contributed by atoms with Crippen LogP contribution in [0.5, 0.6) is 0 Å². The minimum Gasteiger partial charge on any atom is -0.481 e. The van der Waals surface area contributed by atoms with Crippen LogP contribution in [0.4, 0.5) is 23.1 Å². The van der Waals surface area contributed by atoms with E-state index >= 15 is 0 Å². The van der Waals surface area contributed by atoms with E-state index in [1.807, 2.05) is 24.4 Å². The monoisotopic (exact) mass is 500 g/mol. The van der Waals surface area contributed by atoms with E-state index in [9.17, 15) is 9.90 Å². The molecule has 0 amide bonds. The lowest BCUT2D eigenvalue weighted by molar-refractivity contribution is -0.143. The number of rotatable bonds is 8. The number of hydrogen-bond donors (Lipinski definition) is 4. The topological polar surface area (TPSA) is 128 Å². The van der Waals surface area contributed by atoms with Crippen molar-refractivity contribution in [3.63, 3.8) is 0 Å². The van der Waals surface area contributed by atoms with Gasteiger partial charge < -0.3 is 26.0 Å². The minimum atomic E-state index is -0.701. The normalized spacial score (nSPS) is 19.7. The highest BCUT2D eigenvalue weighted by Crippen LogP contribution is 2.34. The number of carboxylic acids is 1. The zero-order valence-electron chi connectivity index (χ0n) is 20.7. The summed E-state index contributed by atoms with van der Waals surface area (Å²) in [6, 6.07) is 7.97. The summed E-state index contributed by atoms with van der Waals surface area (Å²) in [4.78, 5) is 31.5. The Hall–Kier alpha value is -4.05. The van der Waals surface area contributed by atoms with Crippen molar-refractivity contribution in [1.29, 1.82) is 0 Å². The second kappa shape index (κ2) is 11.3. The molecule has 0 spiro atoms. The molecule has 1 aliphatic heterocycles. The molecule has 10 heteroatoms. The first kappa shape index (κ1) is 24.6. The number of piperazine rings is 1.